The third kappa shape index (κ3) is 3.52. The summed E-state index contributed by atoms with van der Waals surface area (Å²) in [7, 11) is -2.10. The zero-order valence-corrected chi connectivity index (χ0v) is 16.1. The number of hydrogen-bond acceptors (Lipinski definition) is 3. The van der Waals surface area contributed by atoms with Crippen LogP contribution in [0.1, 0.15) is 17.2 Å². The highest BCUT2D eigenvalue weighted by atomic mass is 32.2. The lowest BCUT2D eigenvalue weighted by Gasteiger charge is -2.19. The average molecular weight is 392 g/mol. The number of nitrogens with one attached hydrogen (secondary N) is 2. The Morgan fingerprint density at radius 3 is 2.29 bits per heavy atom. The first kappa shape index (κ1) is 18.3. The molecule has 1 unspecified atom stereocenters. The lowest BCUT2D eigenvalue weighted by molar-refractivity contribution is 0.415. The van der Waals surface area contributed by atoms with Crippen LogP contribution < -0.4 is 9.46 Å². The van der Waals surface area contributed by atoms with Crippen LogP contribution in [-0.4, -0.2) is 20.5 Å². The van der Waals surface area contributed by atoms with E-state index in [1.807, 2.05) is 54.7 Å². The van der Waals surface area contributed by atoms with Gasteiger partial charge in [0.2, 0.25) is 10.0 Å². The van der Waals surface area contributed by atoms with Crippen molar-refractivity contribution in [3.63, 3.8) is 0 Å². The number of H-pyrrole nitrogens is 1. The van der Waals surface area contributed by atoms with E-state index in [0.29, 0.717) is 5.75 Å². The molecule has 4 aromatic rings. The first-order valence-electron chi connectivity index (χ1n) is 8.86. The van der Waals surface area contributed by atoms with Crippen LogP contribution in [0.25, 0.3) is 10.9 Å². The number of hydrogen-bond donors (Lipinski definition) is 2. The number of ether oxygens (including phenoxy) is 1. The number of methoxy groups -OCH3 is 1. The van der Waals surface area contributed by atoms with Crippen LogP contribution >= 0.6 is 0 Å². The summed E-state index contributed by atoms with van der Waals surface area (Å²) in [5, 5.41) is 0.906. The molecule has 0 aliphatic rings. The van der Waals surface area contributed by atoms with Crippen molar-refractivity contribution < 1.29 is 13.2 Å². The van der Waals surface area contributed by atoms with E-state index in [0.717, 1.165) is 22.0 Å². The Bertz CT molecular complexity index is 1190. The molecular weight excluding hydrogens is 372 g/mol. The zero-order chi connectivity index (χ0) is 19.6. The van der Waals surface area contributed by atoms with Gasteiger partial charge >= 0.3 is 0 Å². The summed E-state index contributed by atoms with van der Waals surface area (Å²) in [5.74, 6) is 0.714. The second kappa shape index (κ2) is 7.50. The fourth-order valence-corrected chi connectivity index (χ4v) is 4.49. The summed E-state index contributed by atoms with van der Waals surface area (Å²) in [6, 6.07) is 23.1. The van der Waals surface area contributed by atoms with E-state index in [2.05, 4.69) is 9.71 Å². The molecule has 0 amide bonds. The molecule has 3 aromatic carbocycles. The van der Waals surface area contributed by atoms with Crippen LogP contribution in [0.4, 0.5) is 0 Å². The Morgan fingerprint density at radius 2 is 1.61 bits per heavy atom. The molecule has 142 valence electrons. The molecule has 0 saturated heterocycles. The smallest absolute Gasteiger partial charge is 0.241 e. The monoisotopic (exact) mass is 392 g/mol. The number of aromatic nitrogens is 1. The van der Waals surface area contributed by atoms with Crippen molar-refractivity contribution in [2.45, 2.75) is 10.9 Å². The van der Waals surface area contributed by atoms with Gasteiger partial charge in [-0.05, 0) is 41.5 Å². The van der Waals surface area contributed by atoms with Crippen molar-refractivity contribution in [3.8, 4) is 5.75 Å². The fraction of sp³-hybridized carbons (Fsp3) is 0.0909. The van der Waals surface area contributed by atoms with Crippen molar-refractivity contribution in [1.29, 1.82) is 0 Å². The fourth-order valence-electron chi connectivity index (χ4n) is 3.27. The predicted molar refractivity (Wildman–Crippen MR) is 110 cm³/mol. The van der Waals surface area contributed by atoms with Gasteiger partial charge in [-0.15, -0.1) is 0 Å². The summed E-state index contributed by atoms with van der Waals surface area (Å²) in [6.45, 7) is 0. The van der Waals surface area contributed by atoms with Crippen LogP contribution in [0.2, 0.25) is 0 Å². The minimum Gasteiger partial charge on any atom is -0.497 e. The van der Waals surface area contributed by atoms with Gasteiger partial charge in [-0.1, -0.05) is 48.5 Å². The molecule has 0 bridgehead atoms. The molecule has 0 saturated carbocycles. The maximum Gasteiger partial charge on any atom is 0.241 e. The molecule has 0 spiro atoms. The van der Waals surface area contributed by atoms with Gasteiger partial charge in [-0.25, -0.2) is 8.42 Å². The Balaban J connectivity index is 1.84. The van der Waals surface area contributed by atoms with Crippen molar-refractivity contribution >= 4 is 20.9 Å². The summed E-state index contributed by atoms with van der Waals surface area (Å²) >= 11 is 0. The largest absolute Gasteiger partial charge is 0.497 e. The van der Waals surface area contributed by atoms with E-state index >= 15 is 0 Å². The van der Waals surface area contributed by atoms with Gasteiger partial charge in [-0.3, -0.25) is 0 Å². The molecule has 0 aliphatic carbocycles. The van der Waals surface area contributed by atoms with E-state index in [1.165, 1.54) is 0 Å². The molecule has 1 heterocycles. The number of rotatable bonds is 6. The van der Waals surface area contributed by atoms with E-state index in [-0.39, 0.29) is 4.90 Å². The van der Waals surface area contributed by atoms with Gasteiger partial charge in [0.25, 0.3) is 0 Å². The lowest BCUT2D eigenvalue weighted by atomic mass is 9.99. The lowest BCUT2D eigenvalue weighted by Crippen LogP contribution is -2.29. The van der Waals surface area contributed by atoms with Crippen LogP contribution in [0.5, 0.6) is 5.75 Å². The number of benzene rings is 3. The van der Waals surface area contributed by atoms with Crippen LogP contribution in [0.15, 0.2) is 90.0 Å². The number of sulfonamides is 1. The second-order valence-corrected chi connectivity index (χ2v) is 8.15. The molecule has 5 nitrogen and oxygen atoms in total. The third-order valence-electron chi connectivity index (χ3n) is 4.69. The zero-order valence-electron chi connectivity index (χ0n) is 15.3. The summed E-state index contributed by atoms with van der Waals surface area (Å²) < 4.78 is 34.3. The normalized spacial score (nSPS) is 12.8. The van der Waals surface area contributed by atoms with Crippen molar-refractivity contribution in [1.82, 2.24) is 9.71 Å². The first-order chi connectivity index (χ1) is 13.6. The quantitative estimate of drug-likeness (QED) is 0.515. The van der Waals surface area contributed by atoms with E-state index in [1.54, 1.807) is 37.4 Å². The first-order valence-corrected chi connectivity index (χ1v) is 10.3. The molecule has 0 aliphatic heterocycles. The molecule has 1 atom stereocenters. The summed E-state index contributed by atoms with van der Waals surface area (Å²) in [5.41, 5.74) is 2.60. The van der Waals surface area contributed by atoms with E-state index < -0.39 is 16.1 Å². The molecular formula is C22H20N2O3S. The Hall–Kier alpha value is -3.09. The topological polar surface area (TPSA) is 71.2 Å². The maximum atomic E-state index is 13.0. The highest BCUT2D eigenvalue weighted by Gasteiger charge is 2.25. The van der Waals surface area contributed by atoms with Crippen molar-refractivity contribution in [3.05, 3.63) is 96.2 Å². The number of fused-ring (bicyclic) bond motifs is 1. The van der Waals surface area contributed by atoms with Crippen molar-refractivity contribution in [2.75, 3.05) is 7.11 Å². The molecule has 2 N–H and O–H groups in total. The van der Waals surface area contributed by atoms with Gasteiger partial charge in [0.05, 0.1) is 18.0 Å². The molecule has 0 radical (unpaired) electrons. The van der Waals surface area contributed by atoms with Crippen LogP contribution in [-0.2, 0) is 10.0 Å². The second-order valence-electron chi connectivity index (χ2n) is 6.43. The Kier molecular flexibility index (Phi) is 4.90. The molecule has 4 rings (SSSR count). The van der Waals surface area contributed by atoms with E-state index in [9.17, 15) is 8.42 Å². The van der Waals surface area contributed by atoms with Gasteiger partial charge in [0, 0.05) is 17.1 Å². The van der Waals surface area contributed by atoms with Crippen molar-refractivity contribution in [2.24, 2.45) is 0 Å². The van der Waals surface area contributed by atoms with Gasteiger partial charge in [0.1, 0.15) is 5.75 Å². The molecule has 1 aromatic heterocycles. The predicted octanol–water partition coefficient (Wildman–Crippen LogP) is 4.24. The average Bonchev–Trinajstić information content (AvgIpc) is 3.16. The Morgan fingerprint density at radius 1 is 0.929 bits per heavy atom. The van der Waals surface area contributed by atoms with E-state index in [4.69, 9.17) is 4.74 Å². The summed E-state index contributed by atoms with van der Waals surface area (Å²) in [4.78, 5) is 3.45. The minimum absolute atomic E-state index is 0.230. The minimum atomic E-state index is -3.71. The third-order valence-corrected chi connectivity index (χ3v) is 6.13. The maximum absolute atomic E-state index is 13.0. The van der Waals surface area contributed by atoms with Crippen LogP contribution in [0, 0.1) is 0 Å². The molecule has 0 fully saturated rings. The summed E-state index contributed by atoms with van der Waals surface area (Å²) in [6.07, 6.45) is 1.84. The standard InChI is InChI=1S/C22H20N2O3S/c1-27-17-12-13-21-19(14-17)20(15-23-21)22(16-8-4-2-5-9-16)24-28(25,26)18-10-6-3-7-11-18/h2-15,22-24H,1H3. The van der Waals surface area contributed by atoms with Crippen LogP contribution in [0.3, 0.4) is 0 Å². The Labute approximate surface area is 164 Å². The highest BCUT2D eigenvalue weighted by Crippen LogP contribution is 2.32. The number of aromatic amines is 1. The van der Waals surface area contributed by atoms with Gasteiger partial charge in [-0.2, -0.15) is 4.72 Å². The van der Waals surface area contributed by atoms with Gasteiger partial charge < -0.3 is 9.72 Å². The highest BCUT2D eigenvalue weighted by molar-refractivity contribution is 7.89. The van der Waals surface area contributed by atoms with Gasteiger partial charge in [0.15, 0.2) is 0 Å². The molecule has 6 heteroatoms. The SMILES string of the molecule is COc1ccc2[nH]cc(C(NS(=O)(=O)c3ccccc3)c3ccccc3)c2c1. The molecule has 28 heavy (non-hydrogen) atoms.